The lowest BCUT2D eigenvalue weighted by Gasteiger charge is -2.31. The van der Waals surface area contributed by atoms with Crippen LogP contribution >= 0.6 is 0 Å². The lowest BCUT2D eigenvalue weighted by Crippen LogP contribution is -2.43. The third-order valence-electron chi connectivity index (χ3n) is 5.33. The minimum Gasteiger partial charge on any atom is -0.466 e. The average molecular weight is 403 g/mol. The number of piperidine rings is 1. The number of hydrogen-bond donors (Lipinski definition) is 0. The zero-order chi connectivity index (χ0) is 20.9. The molecule has 2 heterocycles. The van der Waals surface area contributed by atoms with Crippen molar-refractivity contribution < 1.29 is 14.3 Å². The molecule has 0 aliphatic carbocycles. The lowest BCUT2D eigenvalue weighted by atomic mass is 9.98. The molecule has 0 saturated carbocycles. The van der Waals surface area contributed by atoms with Gasteiger partial charge in [0.15, 0.2) is 0 Å². The van der Waals surface area contributed by atoms with Gasteiger partial charge >= 0.3 is 5.97 Å². The smallest absolute Gasteiger partial charge is 0.310 e. The van der Waals surface area contributed by atoms with Crippen molar-refractivity contribution in [3.8, 4) is 16.9 Å². The van der Waals surface area contributed by atoms with Crippen molar-refractivity contribution in [2.24, 2.45) is 5.92 Å². The Kier molecular flexibility index (Phi) is 5.93. The molecule has 1 saturated heterocycles. The maximum absolute atomic E-state index is 13.5. The normalized spacial score (nSPS) is 16.3. The largest absolute Gasteiger partial charge is 0.466 e. The second-order valence-corrected chi connectivity index (χ2v) is 7.37. The van der Waals surface area contributed by atoms with Gasteiger partial charge in [-0.2, -0.15) is 5.10 Å². The number of carbonyl (C=O) groups excluding carboxylic acids is 2. The lowest BCUT2D eigenvalue weighted by molar-refractivity contribution is -0.149. The first kappa shape index (κ1) is 19.9. The fourth-order valence-electron chi connectivity index (χ4n) is 3.83. The molecular formula is C24H25N3O3. The van der Waals surface area contributed by atoms with Gasteiger partial charge in [0, 0.05) is 18.7 Å². The first-order valence-corrected chi connectivity index (χ1v) is 10.3. The summed E-state index contributed by atoms with van der Waals surface area (Å²) in [6.07, 6.45) is 1.52. The van der Waals surface area contributed by atoms with E-state index in [9.17, 15) is 9.59 Å². The number of ether oxygens (including phenoxy) is 1. The summed E-state index contributed by atoms with van der Waals surface area (Å²) in [5.41, 5.74) is 3.00. The summed E-state index contributed by atoms with van der Waals surface area (Å²) in [6.45, 7) is 3.14. The Labute approximate surface area is 176 Å². The number of benzene rings is 2. The van der Waals surface area contributed by atoms with E-state index in [-0.39, 0.29) is 17.8 Å². The van der Waals surface area contributed by atoms with Crippen molar-refractivity contribution in [2.75, 3.05) is 19.7 Å². The fourth-order valence-corrected chi connectivity index (χ4v) is 3.83. The van der Waals surface area contributed by atoms with Crippen LogP contribution in [0.5, 0.6) is 0 Å². The third-order valence-corrected chi connectivity index (χ3v) is 5.33. The van der Waals surface area contributed by atoms with Crippen molar-refractivity contribution in [3.05, 3.63) is 72.4 Å². The van der Waals surface area contributed by atoms with E-state index in [0.717, 1.165) is 29.8 Å². The molecule has 3 aromatic rings. The Bertz CT molecular complexity index is 1010. The zero-order valence-electron chi connectivity index (χ0n) is 17.0. The fraction of sp³-hybridized carbons (Fsp3) is 0.292. The minimum atomic E-state index is -0.274. The van der Waals surface area contributed by atoms with Crippen LogP contribution in [0.2, 0.25) is 0 Å². The Morgan fingerprint density at radius 2 is 1.77 bits per heavy atom. The first-order chi connectivity index (χ1) is 14.7. The number of likely N-dealkylation sites (tertiary alicyclic amines) is 1. The minimum absolute atomic E-state index is 0.123. The standard InChI is InChI=1S/C24H25N3O3/c1-2-30-24(29)19-12-9-15-26(17-19)23(28)22-16-21(18-10-5-3-6-11-18)25-27(22)20-13-7-4-8-14-20/h3-8,10-11,13-14,16,19H,2,9,12,15,17H2,1H3. The Balaban J connectivity index is 1.67. The molecule has 30 heavy (non-hydrogen) atoms. The van der Waals surface area contributed by atoms with Gasteiger partial charge in [-0.25, -0.2) is 4.68 Å². The Hall–Kier alpha value is -3.41. The molecule has 6 heteroatoms. The molecule has 1 amide bonds. The molecule has 1 aliphatic rings. The van der Waals surface area contributed by atoms with Crippen LogP contribution in [0.15, 0.2) is 66.7 Å². The van der Waals surface area contributed by atoms with Crippen LogP contribution in [-0.2, 0) is 9.53 Å². The Morgan fingerprint density at radius 1 is 1.07 bits per heavy atom. The number of carbonyl (C=O) groups is 2. The highest BCUT2D eigenvalue weighted by Crippen LogP contribution is 2.25. The second-order valence-electron chi connectivity index (χ2n) is 7.37. The summed E-state index contributed by atoms with van der Waals surface area (Å²) in [4.78, 5) is 27.4. The SMILES string of the molecule is CCOC(=O)C1CCCN(C(=O)c2cc(-c3ccccc3)nn2-c2ccccc2)C1. The number of aromatic nitrogens is 2. The highest BCUT2D eigenvalue weighted by molar-refractivity contribution is 5.94. The van der Waals surface area contributed by atoms with Gasteiger partial charge in [-0.05, 0) is 38.0 Å². The number of rotatable bonds is 5. The van der Waals surface area contributed by atoms with E-state index < -0.39 is 0 Å². The molecule has 1 aromatic heterocycles. The van der Waals surface area contributed by atoms with Gasteiger partial charge < -0.3 is 9.64 Å². The average Bonchev–Trinajstić information content (AvgIpc) is 3.25. The van der Waals surface area contributed by atoms with Crippen LogP contribution < -0.4 is 0 Å². The van der Waals surface area contributed by atoms with E-state index in [1.807, 2.05) is 66.7 Å². The van der Waals surface area contributed by atoms with Gasteiger partial charge in [0.05, 0.1) is 23.9 Å². The summed E-state index contributed by atoms with van der Waals surface area (Å²) in [7, 11) is 0. The summed E-state index contributed by atoms with van der Waals surface area (Å²) in [5, 5.41) is 4.73. The number of esters is 1. The predicted molar refractivity (Wildman–Crippen MR) is 114 cm³/mol. The zero-order valence-corrected chi connectivity index (χ0v) is 17.0. The van der Waals surface area contributed by atoms with Crippen LogP contribution in [0.4, 0.5) is 0 Å². The maximum atomic E-state index is 13.5. The predicted octanol–water partition coefficient (Wildman–Crippen LogP) is 3.95. The molecular weight excluding hydrogens is 378 g/mol. The van der Waals surface area contributed by atoms with Gasteiger partial charge in [0.25, 0.3) is 5.91 Å². The topological polar surface area (TPSA) is 64.4 Å². The van der Waals surface area contributed by atoms with Crippen LogP contribution in [0.1, 0.15) is 30.3 Å². The highest BCUT2D eigenvalue weighted by atomic mass is 16.5. The monoisotopic (exact) mass is 403 g/mol. The van der Waals surface area contributed by atoms with E-state index in [1.165, 1.54) is 0 Å². The van der Waals surface area contributed by atoms with E-state index in [1.54, 1.807) is 16.5 Å². The Morgan fingerprint density at radius 3 is 2.47 bits per heavy atom. The van der Waals surface area contributed by atoms with Gasteiger partial charge in [0.2, 0.25) is 0 Å². The number of para-hydroxylation sites is 1. The molecule has 0 bridgehead atoms. The molecule has 6 nitrogen and oxygen atoms in total. The van der Waals surface area contributed by atoms with Gasteiger partial charge in [0.1, 0.15) is 5.69 Å². The van der Waals surface area contributed by atoms with Gasteiger partial charge in [-0.1, -0.05) is 48.5 Å². The molecule has 154 valence electrons. The van der Waals surface area contributed by atoms with Crippen LogP contribution in [0.3, 0.4) is 0 Å². The van der Waals surface area contributed by atoms with Crippen molar-refractivity contribution >= 4 is 11.9 Å². The molecule has 1 atom stereocenters. The van der Waals surface area contributed by atoms with E-state index >= 15 is 0 Å². The van der Waals surface area contributed by atoms with Crippen LogP contribution in [0.25, 0.3) is 16.9 Å². The molecule has 4 rings (SSSR count). The van der Waals surface area contributed by atoms with E-state index in [2.05, 4.69) is 0 Å². The molecule has 2 aromatic carbocycles. The van der Waals surface area contributed by atoms with E-state index in [4.69, 9.17) is 9.84 Å². The van der Waals surface area contributed by atoms with Gasteiger partial charge in [-0.3, -0.25) is 9.59 Å². The van der Waals surface area contributed by atoms with Crippen LogP contribution in [0, 0.1) is 5.92 Å². The summed E-state index contributed by atoms with van der Waals surface area (Å²) < 4.78 is 6.87. The molecule has 1 fully saturated rings. The first-order valence-electron chi connectivity index (χ1n) is 10.3. The summed E-state index contributed by atoms with van der Waals surface area (Å²) >= 11 is 0. The van der Waals surface area contributed by atoms with Crippen molar-refractivity contribution in [2.45, 2.75) is 19.8 Å². The maximum Gasteiger partial charge on any atom is 0.310 e. The molecule has 1 aliphatic heterocycles. The van der Waals surface area contributed by atoms with Crippen molar-refractivity contribution in [1.82, 2.24) is 14.7 Å². The molecule has 0 spiro atoms. The molecule has 0 radical (unpaired) electrons. The summed E-state index contributed by atoms with van der Waals surface area (Å²) in [6, 6.07) is 21.3. The number of hydrogen-bond acceptors (Lipinski definition) is 4. The number of amides is 1. The van der Waals surface area contributed by atoms with Gasteiger partial charge in [-0.15, -0.1) is 0 Å². The molecule has 1 unspecified atom stereocenters. The van der Waals surface area contributed by atoms with Crippen LogP contribution in [-0.4, -0.2) is 46.3 Å². The highest BCUT2D eigenvalue weighted by Gasteiger charge is 2.31. The van der Waals surface area contributed by atoms with Crippen molar-refractivity contribution in [3.63, 3.8) is 0 Å². The third kappa shape index (κ3) is 4.13. The quantitative estimate of drug-likeness (QED) is 0.605. The second kappa shape index (κ2) is 8.95. The molecule has 0 N–H and O–H groups in total. The van der Waals surface area contributed by atoms with E-state index in [0.29, 0.717) is 25.4 Å². The van der Waals surface area contributed by atoms with Crippen molar-refractivity contribution in [1.29, 1.82) is 0 Å². The summed E-state index contributed by atoms with van der Waals surface area (Å²) in [5.74, 6) is -0.622. The number of nitrogens with zero attached hydrogens (tertiary/aromatic N) is 3.